The lowest BCUT2D eigenvalue weighted by molar-refractivity contribution is -0.120. The summed E-state index contributed by atoms with van der Waals surface area (Å²) in [6.07, 6.45) is -0.304. The highest BCUT2D eigenvalue weighted by Gasteiger charge is 2.10. The third kappa shape index (κ3) is 3.63. The van der Waals surface area contributed by atoms with Gasteiger partial charge in [0.25, 0.3) is 0 Å². The van der Waals surface area contributed by atoms with E-state index in [9.17, 15) is 15.0 Å². The van der Waals surface area contributed by atoms with Gasteiger partial charge < -0.3 is 20.4 Å². The molecule has 1 amide bonds. The van der Waals surface area contributed by atoms with Gasteiger partial charge in [-0.3, -0.25) is 4.79 Å². The minimum Gasteiger partial charge on any atom is -0.507 e. The second-order valence-electron chi connectivity index (χ2n) is 4.26. The smallest absolute Gasteiger partial charge is 0.221 e. The fraction of sp³-hybridized carbons (Fsp3) is 0.462. The van der Waals surface area contributed by atoms with Crippen molar-refractivity contribution in [2.75, 3.05) is 25.5 Å². The highest BCUT2D eigenvalue weighted by Crippen LogP contribution is 2.28. The van der Waals surface area contributed by atoms with Crippen molar-refractivity contribution in [3.8, 4) is 5.75 Å². The van der Waals surface area contributed by atoms with E-state index in [0.29, 0.717) is 18.5 Å². The summed E-state index contributed by atoms with van der Waals surface area (Å²) in [5, 5.41) is 21.7. The van der Waals surface area contributed by atoms with Gasteiger partial charge in [-0.2, -0.15) is 0 Å². The van der Waals surface area contributed by atoms with Crippen molar-refractivity contribution in [2.24, 2.45) is 0 Å². The molecule has 0 bridgehead atoms. The van der Waals surface area contributed by atoms with Crippen molar-refractivity contribution in [3.63, 3.8) is 0 Å². The van der Waals surface area contributed by atoms with Crippen LogP contribution in [0.1, 0.15) is 25.0 Å². The van der Waals surface area contributed by atoms with E-state index in [1.165, 1.54) is 0 Å². The van der Waals surface area contributed by atoms with Gasteiger partial charge in [-0.25, -0.2) is 0 Å². The molecular formula is C13H20N2O3. The number of aromatic hydroxyl groups is 1. The number of nitrogens with one attached hydrogen (secondary N) is 1. The maximum absolute atomic E-state index is 11.1. The van der Waals surface area contributed by atoms with E-state index in [4.69, 9.17) is 0 Å². The zero-order chi connectivity index (χ0) is 13.7. The van der Waals surface area contributed by atoms with Crippen LogP contribution in [0.3, 0.4) is 0 Å². The Bertz CT molecular complexity index is 419. The number of carbonyl (C=O) groups is 1. The zero-order valence-electron chi connectivity index (χ0n) is 11.0. The Morgan fingerprint density at radius 3 is 2.67 bits per heavy atom. The Balaban J connectivity index is 2.72. The number of rotatable bonds is 5. The SMILES string of the molecule is CNC(=O)CCN(C)c1ccc(C(C)O)c(O)c1. The predicted molar refractivity (Wildman–Crippen MR) is 70.7 cm³/mol. The minimum absolute atomic E-state index is 0.0216. The van der Waals surface area contributed by atoms with Crippen LogP contribution in [0.2, 0.25) is 0 Å². The van der Waals surface area contributed by atoms with Crippen molar-refractivity contribution >= 4 is 11.6 Å². The molecule has 1 atom stereocenters. The van der Waals surface area contributed by atoms with Crippen molar-refractivity contribution in [1.82, 2.24) is 5.32 Å². The van der Waals surface area contributed by atoms with E-state index in [-0.39, 0.29) is 11.7 Å². The Kier molecular flexibility index (Phi) is 4.97. The highest BCUT2D eigenvalue weighted by molar-refractivity contribution is 5.76. The first-order valence-electron chi connectivity index (χ1n) is 5.88. The minimum atomic E-state index is -0.699. The molecule has 1 aromatic carbocycles. The molecule has 0 saturated heterocycles. The molecule has 5 nitrogen and oxygen atoms in total. The maximum Gasteiger partial charge on any atom is 0.221 e. The van der Waals surface area contributed by atoms with Crippen LogP contribution >= 0.6 is 0 Å². The molecule has 1 unspecified atom stereocenters. The first-order chi connectivity index (χ1) is 8.45. The topological polar surface area (TPSA) is 72.8 Å². The molecule has 0 aromatic heterocycles. The van der Waals surface area contributed by atoms with Crippen LogP contribution < -0.4 is 10.2 Å². The molecule has 0 fully saturated rings. The van der Waals surface area contributed by atoms with E-state index in [1.807, 2.05) is 18.0 Å². The lowest BCUT2D eigenvalue weighted by atomic mass is 10.1. The van der Waals surface area contributed by atoms with Crippen LogP contribution in [0.4, 0.5) is 5.69 Å². The van der Waals surface area contributed by atoms with Gasteiger partial charge in [-0.05, 0) is 13.0 Å². The fourth-order valence-corrected chi connectivity index (χ4v) is 1.65. The molecule has 18 heavy (non-hydrogen) atoms. The average molecular weight is 252 g/mol. The highest BCUT2D eigenvalue weighted by atomic mass is 16.3. The molecule has 3 N–H and O–H groups in total. The fourth-order valence-electron chi connectivity index (χ4n) is 1.65. The van der Waals surface area contributed by atoms with E-state index in [1.54, 1.807) is 26.1 Å². The monoisotopic (exact) mass is 252 g/mol. The van der Waals surface area contributed by atoms with E-state index in [0.717, 1.165) is 5.69 Å². The molecule has 0 aliphatic carbocycles. The standard InChI is InChI=1S/C13H20N2O3/c1-9(16)11-5-4-10(8-12(11)17)15(3)7-6-13(18)14-2/h4-5,8-9,16-17H,6-7H2,1-3H3,(H,14,18). The van der Waals surface area contributed by atoms with Gasteiger partial charge in [-0.1, -0.05) is 6.07 Å². The van der Waals surface area contributed by atoms with E-state index < -0.39 is 6.10 Å². The lowest BCUT2D eigenvalue weighted by Crippen LogP contribution is -2.26. The van der Waals surface area contributed by atoms with Crippen LogP contribution in [-0.4, -0.2) is 36.8 Å². The second-order valence-corrected chi connectivity index (χ2v) is 4.26. The summed E-state index contributed by atoms with van der Waals surface area (Å²) in [5.41, 5.74) is 1.30. The molecule has 0 heterocycles. The van der Waals surface area contributed by atoms with Crippen LogP contribution in [0.25, 0.3) is 0 Å². The van der Waals surface area contributed by atoms with Crippen LogP contribution in [-0.2, 0) is 4.79 Å². The average Bonchev–Trinajstić information content (AvgIpc) is 2.34. The molecule has 0 aliphatic heterocycles. The molecule has 0 spiro atoms. The van der Waals surface area contributed by atoms with Gasteiger partial charge in [0.2, 0.25) is 5.91 Å². The Morgan fingerprint density at radius 1 is 1.50 bits per heavy atom. The van der Waals surface area contributed by atoms with Crippen LogP contribution in [0.15, 0.2) is 18.2 Å². The van der Waals surface area contributed by atoms with E-state index >= 15 is 0 Å². The molecule has 1 aromatic rings. The maximum atomic E-state index is 11.1. The molecule has 0 radical (unpaired) electrons. The van der Waals surface area contributed by atoms with Crippen molar-refractivity contribution < 1.29 is 15.0 Å². The molecule has 0 aliphatic rings. The number of phenols is 1. The number of hydrogen-bond acceptors (Lipinski definition) is 4. The third-order valence-corrected chi connectivity index (χ3v) is 2.86. The Morgan fingerprint density at radius 2 is 2.17 bits per heavy atom. The number of carbonyl (C=O) groups excluding carboxylic acids is 1. The van der Waals surface area contributed by atoms with Gasteiger partial charge in [0.05, 0.1) is 6.10 Å². The first-order valence-corrected chi connectivity index (χ1v) is 5.88. The number of hydrogen-bond donors (Lipinski definition) is 3. The quantitative estimate of drug-likeness (QED) is 0.731. The van der Waals surface area contributed by atoms with Crippen molar-refractivity contribution in [3.05, 3.63) is 23.8 Å². The summed E-state index contributed by atoms with van der Waals surface area (Å²) < 4.78 is 0. The number of anilines is 1. The molecule has 1 rings (SSSR count). The van der Waals surface area contributed by atoms with Gasteiger partial charge >= 0.3 is 0 Å². The summed E-state index contributed by atoms with van der Waals surface area (Å²) in [5.74, 6) is 0.0426. The largest absolute Gasteiger partial charge is 0.507 e. The van der Waals surface area contributed by atoms with Crippen molar-refractivity contribution in [2.45, 2.75) is 19.4 Å². The number of aliphatic hydroxyl groups is 1. The number of amides is 1. The van der Waals surface area contributed by atoms with Crippen LogP contribution in [0, 0.1) is 0 Å². The lowest BCUT2D eigenvalue weighted by Gasteiger charge is -2.20. The Labute approximate surface area is 107 Å². The summed E-state index contributed by atoms with van der Waals surface area (Å²) >= 11 is 0. The van der Waals surface area contributed by atoms with E-state index in [2.05, 4.69) is 5.32 Å². The molecule has 5 heteroatoms. The summed E-state index contributed by atoms with van der Waals surface area (Å²) in [7, 11) is 3.45. The normalized spacial score (nSPS) is 12.0. The number of nitrogens with zero attached hydrogens (tertiary/aromatic N) is 1. The zero-order valence-corrected chi connectivity index (χ0v) is 11.0. The van der Waals surface area contributed by atoms with Gasteiger partial charge in [0, 0.05) is 44.4 Å². The first kappa shape index (κ1) is 14.3. The van der Waals surface area contributed by atoms with Crippen molar-refractivity contribution in [1.29, 1.82) is 0 Å². The summed E-state index contributed by atoms with van der Waals surface area (Å²) in [6, 6.07) is 5.09. The second kappa shape index (κ2) is 6.26. The molecule has 100 valence electrons. The molecule has 0 saturated carbocycles. The number of phenolic OH excluding ortho intramolecular Hbond substituents is 1. The van der Waals surface area contributed by atoms with Gasteiger partial charge in [0.1, 0.15) is 5.75 Å². The predicted octanol–water partition coefficient (Wildman–Crippen LogP) is 1.02. The Hall–Kier alpha value is -1.75. The molecular weight excluding hydrogens is 232 g/mol. The van der Waals surface area contributed by atoms with Crippen LogP contribution in [0.5, 0.6) is 5.75 Å². The number of aliphatic hydroxyl groups excluding tert-OH is 1. The summed E-state index contributed by atoms with van der Waals surface area (Å²) in [6.45, 7) is 2.16. The summed E-state index contributed by atoms with van der Waals surface area (Å²) in [4.78, 5) is 13.0. The third-order valence-electron chi connectivity index (χ3n) is 2.86. The van der Waals surface area contributed by atoms with Gasteiger partial charge in [-0.15, -0.1) is 0 Å². The van der Waals surface area contributed by atoms with Gasteiger partial charge in [0.15, 0.2) is 0 Å². The number of benzene rings is 1.